The van der Waals surface area contributed by atoms with E-state index in [0.29, 0.717) is 12.2 Å². The number of hydrogen-bond donors (Lipinski definition) is 1. The van der Waals surface area contributed by atoms with Crippen molar-refractivity contribution in [1.82, 2.24) is 0 Å². The molecule has 1 unspecified atom stereocenters. The van der Waals surface area contributed by atoms with Gasteiger partial charge in [0.25, 0.3) is 0 Å². The third kappa shape index (κ3) is 5.00. The second-order valence-corrected chi connectivity index (χ2v) is 8.63. The summed E-state index contributed by atoms with van der Waals surface area (Å²) in [6.07, 6.45) is 2.04. The Kier molecular flexibility index (Phi) is 6.73. The van der Waals surface area contributed by atoms with Crippen LogP contribution in [0.4, 0.5) is 11.4 Å². The first kappa shape index (κ1) is 21.2. The molecular weight excluding hydrogens is 404 g/mol. The number of amides is 2. The third-order valence-electron chi connectivity index (χ3n) is 5.46. The summed E-state index contributed by atoms with van der Waals surface area (Å²) in [6, 6.07) is 26.0. The normalized spacial score (nSPS) is 15.8. The van der Waals surface area contributed by atoms with Crippen LogP contribution in [0, 0.1) is 0 Å². The zero-order valence-electron chi connectivity index (χ0n) is 17.6. The lowest BCUT2D eigenvalue weighted by atomic mass is 10.1. The first-order chi connectivity index (χ1) is 15.2. The van der Waals surface area contributed by atoms with Gasteiger partial charge in [-0.2, -0.15) is 0 Å². The van der Waals surface area contributed by atoms with Crippen molar-refractivity contribution in [3.05, 3.63) is 95.6 Å². The Morgan fingerprint density at radius 3 is 2.45 bits per heavy atom. The number of anilines is 2. The van der Waals surface area contributed by atoms with E-state index < -0.39 is 0 Å². The molecule has 0 spiro atoms. The highest BCUT2D eigenvalue weighted by atomic mass is 32.2. The van der Waals surface area contributed by atoms with Crippen molar-refractivity contribution < 1.29 is 9.59 Å². The minimum atomic E-state index is -0.0527. The van der Waals surface area contributed by atoms with Gasteiger partial charge >= 0.3 is 0 Å². The number of nitrogens with zero attached hydrogens (tertiary/aromatic N) is 1. The minimum absolute atomic E-state index is 0.000483. The number of nitrogens with one attached hydrogen (secondary N) is 1. The average Bonchev–Trinajstić information content (AvgIpc) is 3.20. The van der Waals surface area contributed by atoms with E-state index in [1.165, 1.54) is 5.56 Å². The van der Waals surface area contributed by atoms with Crippen LogP contribution in [-0.2, 0) is 22.4 Å². The summed E-state index contributed by atoms with van der Waals surface area (Å²) in [5, 5.41) is 2.92. The fraction of sp³-hybridized carbons (Fsp3) is 0.231. The lowest BCUT2D eigenvalue weighted by Gasteiger charge is -2.26. The molecule has 0 saturated carbocycles. The number of thioether (sulfide) groups is 1. The predicted molar refractivity (Wildman–Crippen MR) is 128 cm³/mol. The number of aryl methyl sites for hydroxylation is 2. The Bertz CT molecular complexity index is 1050. The SMILES string of the molecule is CCc1ccccc1N1C(=O)CSC1c1ccc(NC(=O)CCc2ccccc2)cc1. The molecule has 1 aliphatic rings. The molecule has 1 heterocycles. The van der Waals surface area contributed by atoms with Gasteiger partial charge < -0.3 is 5.32 Å². The number of carbonyl (C=O) groups is 2. The summed E-state index contributed by atoms with van der Waals surface area (Å²) < 4.78 is 0. The van der Waals surface area contributed by atoms with Crippen LogP contribution in [0.5, 0.6) is 0 Å². The predicted octanol–water partition coefficient (Wildman–Crippen LogP) is 5.60. The first-order valence-corrected chi connectivity index (χ1v) is 11.7. The van der Waals surface area contributed by atoms with Gasteiger partial charge in [0, 0.05) is 17.8 Å². The lowest BCUT2D eigenvalue weighted by molar-refractivity contribution is -0.116. The summed E-state index contributed by atoms with van der Waals surface area (Å²) in [7, 11) is 0. The molecule has 5 heteroatoms. The van der Waals surface area contributed by atoms with Crippen LogP contribution in [0.3, 0.4) is 0 Å². The zero-order chi connectivity index (χ0) is 21.6. The largest absolute Gasteiger partial charge is 0.326 e. The van der Waals surface area contributed by atoms with Crippen molar-refractivity contribution in [2.75, 3.05) is 16.0 Å². The Balaban J connectivity index is 1.43. The van der Waals surface area contributed by atoms with Gasteiger partial charge in [-0.15, -0.1) is 11.8 Å². The smallest absolute Gasteiger partial charge is 0.238 e. The molecule has 1 atom stereocenters. The molecule has 0 aromatic heterocycles. The molecule has 158 valence electrons. The lowest BCUT2D eigenvalue weighted by Crippen LogP contribution is -2.28. The second-order valence-electron chi connectivity index (χ2n) is 7.57. The molecule has 4 nitrogen and oxygen atoms in total. The van der Waals surface area contributed by atoms with Crippen molar-refractivity contribution in [3.63, 3.8) is 0 Å². The van der Waals surface area contributed by atoms with E-state index in [1.807, 2.05) is 77.7 Å². The Labute approximate surface area is 187 Å². The van der Waals surface area contributed by atoms with Gasteiger partial charge in [-0.05, 0) is 47.7 Å². The molecule has 0 bridgehead atoms. The number of carbonyl (C=O) groups excluding carboxylic acids is 2. The third-order valence-corrected chi connectivity index (χ3v) is 6.68. The molecule has 3 aromatic carbocycles. The van der Waals surface area contributed by atoms with Crippen molar-refractivity contribution in [3.8, 4) is 0 Å². The molecule has 1 fully saturated rings. The molecule has 31 heavy (non-hydrogen) atoms. The van der Waals surface area contributed by atoms with E-state index in [9.17, 15) is 9.59 Å². The average molecular weight is 431 g/mol. The van der Waals surface area contributed by atoms with E-state index in [4.69, 9.17) is 0 Å². The van der Waals surface area contributed by atoms with Crippen LogP contribution >= 0.6 is 11.8 Å². The maximum absolute atomic E-state index is 12.7. The Hall–Kier alpha value is -3.05. The zero-order valence-corrected chi connectivity index (χ0v) is 18.4. The molecule has 1 N–H and O–H groups in total. The van der Waals surface area contributed by atoms with E-state index in [1.54, 1.807) is 11.8 Å². The van der Waals surface area contributed by atoms with Crippen LogP contribution in [0.25, 0.3) is 0 Å². The van der Waals surface area contributed by atoms with Gasteiger partial charge in [0.15, 0.2) is 0 Å². The molecule has 0 radical (unpaired) electrons. The van der Waals surface area contributed by atoms with Crippen LogP contribution in [0.2, 0.25) is 0 Å². The highest BCUT2D eigenvalue weighted by Gasteiger charge is 2.34. The second kappa shape index (κ2) is 9.84. The fourth-order valence-corrected chi connectivity index (χ4v) is 5.00. The van der Waals surface area contributed by atoms with Crippen LogP contribution in [0.15, 0.2) is 78.9 Å². The van der Waals surface area contributed by atoms with E-state index in [0.717, 1.165) is 35.3 Å². The van der Waals surface area contributed by atoms with Gasteiger partial charge in [0.2, 0.25) is 11.8 Å². The maximum Gasteiger partial charge on any atom is 0.238 e. The highest BCUT2D eigenvalue weighted by molar-refractivity contribution is 8.00. The maximum atomic E-state index is 12.7. The minimum Gasteiger partial charge on any atom is -0.326 e. The van der Waals surface area contributed by atoms with E-state index >= 15 is 0 Å². The van der Waals surface area contributed by atoms with Gasteiger partial charge in [-0.1, -0.05) is 67.6 Å². The summed E-state index contributed by atoms with van der Waals surface area (Å²) in [4.78, 5) is 26.9. The van der Waals surface area contributed by atoms with Crippen molar-refractivity contribution in [2.45, 2.75) is 31.6 Å². The number of benzene rings is 3. The first-order valence-electron chi connectivity index (χ1n) is 10.6. The topological polar surface area (TPSA) is 49.4 Å². The molecule has 2 amide bonds. The van der Waals surface area contributed by atoms with Gasteiger partial charge in [-0.25, -0.2) is 0 Å². The quantitative estimate of drug-likeness (QED) is 0.531. The molecule has 1 saturated heterocycles. The molecule has 3 aromatic rings. The Morgan fingerprint density at radius 2 is 1.71 bits per heavy atom. The van der Waals surface area contributed by atoms with Crippen molar-refractivity contribution in [2.24, 2.45) is 0 Å². The highest BCUT2D eigenvalue weighted by Crippen LogP contribution is 2.43. The number of para-hydroxylation sites is 1. The molecule has 4 rings (SSSR count). The van der Waals surface area contributed by atoms with Gasteiger partial charge in [0.05, 0.1) is 5.75 Å². The summed E-state index contributed by atoms with van der Waals surface area (Å²) >= 11 is 1.64. The van der Waals surface area contributed by atoms with Crippen molar-refractivity contribution >= 4 is 35.0 Å². The summed E-state index contributed by atoms with van der Waals surface area (Å²) in [6.45, 7) is 2.11. The van der Waals surface area contributed by atoms with Gasteiger partial charge in [-0.3, -0.25) is 14.5 Å². The van der Waals surface area contributed by atoms with Crippen LogP contribution in [-0.4, -0.2) is 17.6 Å². The van der Waals surface area contributed by atoms with Gasteiger partial charge in [0.1, 0.15) is 5.37 Å². The number of rotatable bonds is 7. The summed E-state index contributed by atoms with van der Waals surface area (Å²) in [5.74, 6) is 0.607. The van der Waals surface area contributed by atoms with E-state index in [2.05, 4.69) is 18.3 Å². The number of hydrogen-bond acceptors (Lipinski definition) is 3. The van der Waals surface area contributed by atoms with Crippen LogP contribution in [0.1, 0.15) is 35.4 Å². The Morgan fingerprint density at radius 1 is 1.00 bits per heavy atom. The van der Waals surface area contributed by atoms with E-state index in [-0.39, 0.29) is 17.2 Å². The van der Waals surface area contributed by atoms with Crippen molar-refractivity contribution in [1.29, 1.82) is 0 Å². The fourth-order valence-electron chi connectivity index (χ4n) is 3.83. The monoisotopic (exact) mass is 430 g/mol. The summed E-state index contributed by atoms with van der Waals surface area (Å²) in [5.41, 5.74) is 5.15. The molecule has 0 aliphatic carbocycles. The van der Waals surface area contributed by atoms with Crippen LogP contribution < -0.4 is 10.2 Å². The molecule has 1 aliphatic heterocycles. The standard InChI is InChI=1S/C26H26N2O2S/c1-2-20-10-6-7-11-23(20)28-25(30)18-31-26(28)21-13-15-22(16-14-21)27-24(29)17-12-19-8-4-3-5-9-19/h3-11,13-16,26H,2,12,17-18H2,1H3,(H,27,29). The molecular formula is C26H26N2O2S.